The number of hydrogen-bond donors (Lipinski definition) is 0. The first-order chi connectivity index (χ1) is 15.6. The summed E-state index contributed by atoms with van der Waals surface area (Å²) in [5.74, 6) is -0.280. The van der Waals surface area contributed by atoms with Gasteiger partial charge >= 0.3 is 0 Å². The van der Waals surface area contributed by atoms with Gasteiger partial charge < -0.3 is 9.64 Å². The van der Waals surface area contributed by atoms with Crippen molar-refractivity contribution in [2.24, 2.45) is 0 Å². The topological polar surface area (TPSA) is 101 Å². The third-order valence-corrected chi connectivity index (χ3v) is 9.53. The van der Waals surface area contributed by atoms with Crippen molar-refractivity contribution in [3.05, 3.63) is 59.7 Å². The molecule has 1 unspecified atom stereocenters. The van der Waals surface area contributed by atoms with Crippen molar-refractivity contribution in [3.63, 3.8) is 0 Å². The van der Waals surface area contributed by atoms with Crippen LogP contribution >= 0.6 is 0 Å². The lowest BCUT2D eigenvalue weighted by atomic mass is 10.1. The second-order valence-corrected chi connectivity index (χ2v) is 12.1. The predicted octanol–water partition coefficient (Wildman–Crippen LogP) is 2.56. The molecule has 0 aliphatic carbocycles. The van der Waals surface area contributed by atoms with E-state index < -0.39 is 31.8 Å². The number of benzene rings is 2. The molecule has 0 saturated carbocycles. The van der Waals surface area contributed by atoms with Crippen LogP contribution in [-0.4, -0.2) is 69.7 Å². The van der Waals surface area contributed by atoms with E-state index in [1.54, 1.807) is 13.8 Å². The van der Waals surface area contributed by atoms with Crippen LogP contribution in [-0.2, 0) is 26.4 Å². The standard InChI is InChI=1S/C23H30N2O6S2/c1-4-24(16-18-9-7-6-8-10-18)33(29,30)22-15-19(11-12-21(22)31-3)23(26)25(5-2)20-13-14-32(27,28)17-20/h6-12,15,20H,4-5,13-14,16-17H2,1-3H3. The average molecular weight is 495 g/mol. The lowest BCUT2D eigenvalue weighted by molar-refractivity contribution is 0.0708. The fourth-order valence-corrected chi connectivity index (χ4v) is 7.41. The van der Waals surface area contributed by atoms with Crippen molar-refractivity contribution in [3.8, 4) is 5.75 Å². The Morgan fingerprint density at radius 2 is 1.79 bits per heavy atom. The van der Waals surface area contributed by atoms with Gasteiger partial charge in [-0.3, -0.25) is 4.79 Å². The molecule has 10 heteroatoms. The van der Waals surface area contributed by atoms with E-state index in [0.717, 1.165) is 5.56 Å². The molecule has 2 aromatic carbocycles. The van der Waals surface area contributed by atoms with Crippen molar-refractivity contribution in [1.82, 2.24) is 9.21 Å². The summed E-state index contributed by atoms with van der Waals surface area (Å²) >= 11 is 0. The SMILES string of the molecule is CCN(C(=O)c1ccc(OC)c(S(=O)(=O)N(CC)Cc2ccccc2)c1)C1CCS(=O)(=O)C1. The molecule has 8 nitrogen and oxygen atoms in total. The monoisotopic (exact) mass is 494 g/mol. The summed E-state index contributed by atoms with van der Waals surface area (Å²) in [6.45, 7) is 4.27. The van der Waals surface area contributed by atoms with Gasteiger partial charge in [-0.1, -0.05) is 37.3 Å². The molecule has 1 saturated heterocycles. The molecule has 0 aromatic heterocycles. The Labute approximate surface area is 196 Å². The molecule has 0 spiro atoms. The average Bonchev–Trinajstić information content (AvgIpc) is 3.17. The zero-order valence-electron chi connectivity index (χ0n) is 19.1. The van der Waals surface area contributed by atoms with Crippen LogP contribution in [0.3, 0.4) is 0 Å². The van der Waals surface area contributed by atoms with E-state index in [1.165, 1.54) is 34.5 Å². The highest BCUT2D eigenvalue weighted by atomic mass is 32.2. The fourth-order valence-electron chi connectivity index (χ4n) is 4.06. The number of amides is 1. The first kappa shape index (κ1) is 25.2. The third kappa shape index (κ3) is 5.56. The number of methoxy groups -OCH3 is 1. The summed E-state index contributed by atoms with van der Waals surface area (Å²) in [6, 6.07) is 13.2. The number of carbonyl (C=O) groups excluding carboxylic acids is 1. The molecule has 3 rings (SSSR count). The van der Waals surface area contributed by atoms with Gasteiger partial charge in [-0.25, -0.2) is 16.8 Å². The Morgan fingerprint density at radius 1 is 1.09 bits per heavy atom. The number of rotatable bonds is 9. The molecular formula is C23H30N2O6S2. The summed E-state index contributed by atoms with van der Waals surface area (Å²) in [5.41, 5.74) is 1.02. The van der Waals surface area contributed by atoms with E-state index in [-0.39, 0.29) is 40.8 Å². The number of ether oxygens (including phenoxy) is 1. The van der Waals surface area contributed by atoms with Crippen molar-refractivity contribution in [2.45, 2.75) is 37.8 Å². The Kier molecular flexibility index (Phi) is 7.81. The fraction of sp³-hybridized carbons (Fsp3) is 0.435. The molecule has 1 amide bonds. The first-order valence-corrected chi connectivity index (χ1v) is 14.1. The van der Waals surface area contributed by atoms with Crippen LogP contribution in [0.25, 0.3) is 0 Å². The molecule has 2 aromatic rings. The molecule has 0 bridgehead atoms. The molecule has 1 aliphatic heterocycles. The van der Waals surface area contributed by atoms with E-state index in [9.17, 15) is 21.6 Å². The predicted molar refractivity (Wildman–Crippen MR) is 126 cm³/mol. The minimum Gasteiger partial charge on any atom is -0.495 e. The summed E-state index contributed by atoms with van der Waals surface area (Å²) in [4.78, 5) is 14.7. The summed E-state index contributed by atoms with van der Waals surface area (Å²) in [6.07, 6.45) is 0.379. The van der Waals surface area contributed by atoms with Crippen molar-refractivity contribution >= 4 is 25.8 Å². The molecule has 180 valence electrons. The highest BCUT2D eigenvalue weighted by Gasteiger charge is 2.35. The Morgan fingerprint density at radius 3 is 2.33 bits per heavy atom. The molecular weight excluding hydrogens is 464 g/mol. The van der Waals surface area contributed by atoms with Gasteiger partial charge in [-0.05, 0) is 37.1 Å². The lowest BCUT2D eigenvalue weighted by Gasteiger charge is -2.27. The molecule has 0 radical (unpaired) electrons. The minimum atomic E-state index is -3.98. The van der Waals surface area contributed by atoms with Gasteiger partial charge in [0.25, 0.3) is 5.91 Å². The van der Waals surface area contributed by atoms with Gasteiger partial charge in [-0.2, -0.15) is 4.31 Å². The van der Waals surface area contributed by atoms with E-state index in [2.05, 4.69) is 0 Å². The Hall–Kier alpha value is -2.43. The number of sulfonamides is 1. The van der Waals surface area contributed by atoms with Gasteiger partial charge in [-0.15, -0.1) is 0 Å². The van der Waals surface area contributed by atoms with Gasteiger partial charge in [0.1, 0.15) is 10.6 Å². The smallest absolute Gasteiger partial charge is 0.254 e. The number of hydrogen-bond acceptors (Lipinski definition) is 6. The summed E-state index contributed by atoms with van der Waals surface area (Å²) in [5, 5.41) is 0. The zero-order valence-corrected chi connectivity index (χ0v) is 20.7. The quantitative estimate of drug-likeness (QED) is 0.531. The van der Waals surface area contributed by atoms with Gasteiger partial charge in [0.2, 0.25) is 10.0 Å². The normalized spacial score (nSPS) is 17.8. The van der Waals surface area contributed by atoms with E-state index in [0.29, 0.717) is 13.0 Å². The maximum absolute atomic E-state index is 13.5. The largest absolute Gasteiger partial charge is 0.495 e. The Balaban J connectivity index is 1.96. The van der Waals surface area contributed by atoms with E-state index >= 15 is 0 Å². The highest BCUT2D eigenvalue weighted by molar-refractivity contribution is 7.91. The summed E-state index contributed by atoms with van der Waals surface area (Å²) in [7, 11) is -5.77. The van der Waals surface area contributed by atoms with E-state index in [4.69, 9.17) is 4.74 Å². The van der Waals surface area contributed by atoms with Crippen molar-refractivity contribution < 1.29 is 26.4 Å². The highest BCUT2D eigenvalue weighted by Crippen LogP contribution is 2.30. The zero-order chi connectivity index (χ0) is 24.2. The maximum atomic E-state index is 13.5. The van der Waals surface area contributed by atoms with Crippen molar-refractivity contribution in [2.75, 3.05) is 31.7 Å². The first-order valence-electron chi connectivity index (χ1n) is 10.9. The van der Waals surface area contributed by atoms with Gasteiger partial charge in [0, 0.05) is 31.2 Å². The molecule has 1 heterocycles. The molecule has 1 atom stereocenters. The molecule has 33 heavy (non-hydrogen) atoms. The molecule has 1 fully saturated rings. The number of sulfone groups is 1. The van der Waals surface area contributed by atoms with E-state index in [1.807, 2.05) is 30.3 Å². The number of carbonyl (C=O) groups is 1. The molecule has 1 aliphatic rings. The third-order valence-electron chi connectivity index (χ3n) is 5.83. The molecule has 0 N–H and O–H groups in total. The van der Waals surface area contributed by atoms with Crippen LogP contribution in [0.5, 0.6) is 5.75 Å². The number of nitrogens with zero attached hydrogens (tertiary/aromatic N) is 2. The van der Waals surface area contributed by atoms with Gasteiger partial charge in [0.05, 0.1) is 18.6 Å². The van der Waals surface area contributed by atoms with Crippen molar-refractivity contribution in [1.29, 1.82) is 0 Å². The minimum absolute atomic E-state index is 0.0502. The van der Waals surface area contributed by atoms with Crippen LogP contribution < -0.4 is 4.74 Å². The van der Waals surface area contributed by atoms with Crippen LogP contribution in [0, 0.1) is 0 Å². The summed E-state index contributed by atoms with van der Waals surface area (Å²) < 4.78 is 57.6. The van der Waals surface area contributed by atoms with Crippen LogP contribution in [0.4, 0.5) is 0 Å². The Bertz CT molecular complexity index is 1200. The second kappa shape index (κ2) is 10.2. The van der Waals surface area contributed by atoms with Crippen LogP contribution in [0.1, 0.15) is 36.2 Å². The van der Waals surface area contributed by atoms with Gasteiger partial charge in [0.15, 0.2) is 9.84 Å². The lowest BCUT2D eigenvalue weighted by Crippen LogP contribution is -2.41. The van der Waals surface area contributed by atoms with Crippen LogP contribution in [0.2, 0.25) is 0 Å². The maximum Gasteiger partial charge on any atom is 0.254 e. The second-order valence-electron chi connectivity index (χ2n) is 7.93. The van der Waals surface area contributed by atoms with Crippen LogP contribution in [0.15, 0.2) is 53.4 Å².